The molecule has 1 nitrogen and oxygen atoms in total. The summed E-state index contributed by atoms with van der Waals surface area (Å²) in [7, 11) is 0. The summed E-state index contributed by atoms with van der Waals surface area (Å²) in [6.45, 7) is 2.10. The molecule has 0 heterocycles. The van der Waals surface area contributed by atoms with Gasteiger partial charge in [0, 0.05) is 8.90 Å². The van der Waals surface area contributed by atoms with Gasteiger partial charge in [-0.25, -0.2) is 0 Å². The maximum absolute atomic E-state index is 6.20. The average Bonchev–Trinajstić information content (AvgIpc) is 2.45. The van der Waals surface area contributed by atoms with Crippen molar-refractivity contribution in [1.29, 1.82) is 0 Å². The summed E-state index contributed by atoms with van der Waals surface area (Å²) in [5.74, 6) is 0. The smallest absolute Gasteiger partial charge is 0.0922 e. The van der Waals surface area contributed by atoms with Crippen LogP contribution in [0.25, 0.3) is 0 Å². The molecule has 100 valence electrons. The largest absolute Gasteiger partial charge is 0.365 e. The fraction of sp³-hybridized carbons (Fsp3) is 0.250. The third-order valence-corrected chi connectivity index (χ3v) is 4.29. The summed E-state index contributed by atoms with van der Waals surface area (Å²) in [4.78, 5) is 0. The lowest BCUT2D eigenvalue weighted by atomic mass is 10.1. The van der Waals surface area contributed by atoms with Crippen molar-refractivity contribution in [3.8, 4) is 0 Å². The molecule has 2 unspecified atom stereocenters. The van der Waals surface area contributed by atoms with Gasteiger partial charge in [0.15, 0.2) is 0 Å². The minimum absolute atomic E-state index is 0.0972. The molecule has 0 N–H and O–H groups in total. The quantitative estimate of drug-likeness (QED) is 0.436. The Morgan fingerprint density at radius 3 is 2.37 bits per heavy atom. The second-order valence-corrected chi connectivity index (χ2v) is 6.18. The van der Waals surface area contributed by atoms with Gasteiger partial charge in [0.25, 0.3) is 0 Å². The Balaban J connectivity index is 2.11. The van der Waals surface area contributed by atoms with Crippen LogP contribution in [-0.2, 0) is 4.74 Å². The summed E-state index contributed by atoms with van der Waals surface area (Å²) in [5.41, 5.74) is 2.43. The van der Waals surface area contributed by atoms with Crippen LogP contribution in [0.1, 0.15) is 30.3 Å². The fourth-order valence-corrected chi connectivity index (χ4v) is 3.09. The molecule has 0 aromatic heterocycles. The molecule has 0 saturated heterocycles. The van der Waals surface area contributed by atoms with E-state index in [1.54, 1.807) is 0 Å². The monoisotopic (exact) mass is 430 g/mol. The van der Waals surface area contributed by atoms with E-state index in [1.807, 2.05) is 24.3 Å². The van der Waals surface area contributed by atoms with Crippen LogP contribution in [0.5, 0.6) is 0 Å². The van der Waals surface area contributed by atoms with E-state index >= 15 is 0 Å². The third-order valence-electron chi connectivity index (χ3n) is 3.00. The van der Waals surface area contributed by atoms with E-state index in [0.717, 1.165) is 8.90 Å². The van der Waals surface area contributed by atoms with Crippen molar-refractivity contribution < 1.29 is 4.74 Å². The maximum atomic E-state index is 6.20. The van der Waals surface area contributed by atoms with Crippen LogP contribution in [0, 0.1) is 0 Å². The van der Waals surface area contributed by atoms with Crippen LogP contribution in [-0.4, -0.2) is 4.43 Å². The topological polar surface area (TPSA) is 9.23 Å². The Morgan fingerprint density at radius 1 is 1.05 bits per heavy atom. The summed E-state index contributed by atoms with van der Waals surface area (Å²) < 4.78 is 8.23. The molecular weight excluding hydrogens is 415 g/mol. The number of alkyl halides is 1. The van der Waals surface area contributed by atoms with Gasteiger partial charge in [0.2, 0.25) is 0 Å². The van der Waals surface area contributed by atoms with Crippen LogP contribution in [0.4, 0.5) is 0 Å². The Hall–Kier alpha value is -0.390. The molecule has 0 bridgehead atoms. The zero-order valence-corrected chi connectivity index (χ0v) is 14.5. The van der Waals surface area contributed by atoms with Gasteiger partial charge in [0.1, 0.15) is 0 Å². The predicted molar refractivity (Wildman–Crippen MR) is 91.7 cm³/mol. The second-order valence-electron chi connectivity index (χ2n) is 4.39. The lowest BCUT2D eigenvalue weighted by Crippen LogP contribution is -2.09. The van der Waals surface area contributed by atoms with Crippen molar-refractivity contribution in [3.05, 3.63) is 70.2 Å². The number of rotatable bonds is 5. The molecule has 0 radical (unpaired) electrons. The highest BCUT2D eigenvalue weighted by atomic mass is 127. The second kappa shape index (κ2) is 7.41. The van der Waals surface area contributed by atoms with E-state index in [0.29, 0.717) is 0 Å². The molecule has 0 fully saturated rings. The van der Waals surface area contributed by atoms with Gasteiger partial charge in [-0.2, -0.15) is 0 Å². The molecule has 0 aliphatic heterocycles. The maximum Gasteiger partial charge on any atom is 0.0922 e. The normalized spacial score (nSPS) is 14.1. The molecule has 0 amide bonds. The lowest BCUT2D eigenvalue weighted by Gasteiger charge is -2.21. The van der Waals surface area contributed by atoms with E-state index in [9.17, 15) is 0 Å². The van der Waals surface area contributed by atoms with Crippen LogP contribution in [0.2, 0.25) is 0 Å². The predicted octanol–water partition coefficient (Wildman–Crippen LogP) is 5.70. The molecule has 19 heavy (non-hydrogen) atoms. The van der Waals surface area contributed by atoms with Crippen LogP contribution in [0.15, 0.2) is 59.1 Å². The van der Waals surface area contributed by atoms with Crippen molar-refractivity contribution in [2.24, 2.45) is 0 Å². The number of hydrogen-bond donors (Lipinski definition) is 0. The Labute approximate surface area is 136 Å². The lowest BCUT2D eigenvalue weighted by molar-refractivity contribution is 0.0102. The SMILES string of the molecule is CC(OC(CI)c1cccc(Br)c1)c1ccccc1. The summed E-state index contributed by atoms with van der Waals surface area (Å²) in [6.07, 6.45) is 0.216. The zero-order valence-electron chi connectivity index (χ0n) is 10.7. The minimum Gasteiger partial charge on any atom is -0.365 e. The van der Waals surface area contributed by atoms with Gasteiger partial charge in [-0.15, -0.1) is 0 Å². The Bertz CT molecular complexity index is 515. The van der Waals surface area contributed by atoms with E-state index in [2.05, 4.69) is 75.8 Å². The molecule has 2 atom stereocenters. The molecular formula is C16H16BrIO. The Morgan fingerprint density at radius 2 is 1.74 bits per heavy atom. The highest BCUT2D eigenvalue weighted by molar-refractivity contribution is 14.1. The Kier molecular flexibility index (Phi) is 5.85. The van der Waals surface area contributed by atoms with Gasteiger partial charge >= 0.3 is 0 Å². The van der Waals surface area contributed by atoms with Crippen LogP contribution < -0.4 is 0 Å². The number of hydrogen-bond acceptors (Lipinski definition) is 1. The molecule has 3 heteroatoms. The van der Waals surface area contributed by atoms with Crippen molar-refractivity contribution in [2.75, 3.05) is 4.43 Å². The van der Waals surface area contributed by atoms with Crippen molar-refractivity contribution in [1.82, 2.24) is 0 Å². The molecule has 0 spiro atoms. The first kappa shape index (κ1) is 15.0. The van der Waals surface area contributed by atoms with Gasteiger partial charge in [-0.05, 0) is 30.2 Å². The molecule has 2 aromatic carbocycles. The van der Waals surface area contributed by atoms with Gasteiger partial charge in [0.05, 0.1) is 12.2 Å². The average molecular weight is 431 g/mol. The number of halogens is 2. The summed E-state index contributed by atoms with van der Waals surface area (Å²) in [5, 5.41) is 0. The van der Waals surface area contributed by atoms with Gasteiger partial charge < -0.3 is 4.74 Å². The van der Waals surface area contributed by atoms with E-state index in [4.69, 9.17) is 4.74 Å². The zero-order chi connectivity index (χ0) is 13.7. The first-order valence-electron chi connectivity index (χ1n) is 6.22. The third kappa shape index (κ3) is 4.29. The standard InChI is InChI=1S/C16H16BrIO/c1-12(13-6-3-2-4-7-13)19-16(11-18)14-8-5-9-15(17)10-14/h2-10,12,16H,11H2,1H3. The van der Waals surface area contributed by atoms with Crippen molar-refractivity contribution >= 4 is 38.5 Å². The number of benzene rings is 2. The minimum atomic E-state index is 0.0972. The van der Waals surface area contributed by atoms with Crippen LogP contribution in [0.3, 0.4) is 0 Å². The first-order valence-corrected chi connectivity index (χ1v) is 8.54. The van der Waals surface area contributed by atoms with E-state index in [1.165, 1.54) is 11.1 Å². The van der Waals surface area contributed by atoms with E-state index < -0.39 is 0 Å². The summed E-state index contributed by atoms with van der Waals surface area (Å²) in [6, 6.07) is 18.7. The molecule has 2 aromatic rings. The van der Waals surface area contributed by atoms with Crippen LogP contribution >= 0.6 is 38.5 Å². The van der Waals surface area contributed by atoms with Gasteiger partial charge in [-0.3, -0.25) is 0 Å². The van der Waals surface area contributed by atoms with E-state index in [-0.39, 0.29) is 12.2 Å². The summed E-state index contributed by atoms with van der Waals surface area (Å²) >= 11 is 5.89. The van der Waals surface area contributed by atoms with Crippen molar-refractivity contribution in [3.63, 3.8) is 0 Å². The highest BCUT2D eigenvalue weighted by Gasteiger charge is 2.15. The molecule has 2 rings (SSSR count). The molecule has 0 saturated carbocycles. The molecule has 0 aliphatic rings. The van der Waals surface area contributed by atoms with Gasteiger partial charge in [-0.1, -0.05) is 81.0 Å². The highest BCUT2D eigenvalue weighted by Crippen LogP contribution is 2.29. The van der Waals surface area contributed by atoms with Crippen molar-refractivity contribution in [2.45, 2.75) is 19.1 Å². The fourth-order valence-electron chi connectivity index (χ4n) is 1.96. The molecule has 0 aliphatic carbocycles. The number of ether oxygens (including phenoxy) is 1. The first-order chi connectivity index (χ1) is 9.20.